The molecule has 0 fully saturated rings. The zero-order chi connectivity index (χ0) is 19.1. The summed E-state index contributed by atoms with van der Waals surface area (Å²) in [5.74, 6) is 4.31. The maximum absolute atomic E-state index is 11.0. The third kappa shape index (κ3) is 6.11. The van der Waals surface area contributed by atoms with Crippen LogP contribution >= 0.6 is 11.3 Å². The first kappa shape index (κ1) is 19.3. The number of nitrogens with one attached hydrogen (secondary N) is 1. The van der Waals surface area contributed by atoms with Crippen LogP contribution in [0.2, 0.25) is 0 Å². The third-order valence-corrected chi connectivity index (χ3v) is 3.63. The molecule has 1 unspecified atom stereocenters. The Balaban J connectivity index is 1.94. The van der Waals surface area contributed by atoms with Gasteiger partial charge in [-0.25, -0.2) is 9.78 Å². The Hall–Kier alpha value is -3.05. The molecule has 0 spiro atoms. The molecule has 1 heterocycles. The summed E-state index contributed by atoms with van der Waals surface area (Å²) < 4.78 is 11.2. The van der Waals surface area contributed by atoms with Crippen molar-refractivity contribution in [2.24, 2.45) is 0 Å². The Morgan fingerprint density at radius 3 is 2.46 bits per heavy atom. The zero-order valence-electron chi connectivity index (χ0n) is 14.5. The number of carboxylic acid groups (broad SMARTS) is 1. The third-order valence-electron chi connectivity index (χ3n) is 2.84. The topological polar surface area (TPSA) is 97.8 Å². The maximum Gasteiger partial charge on any atom is 0.394 e. The van der Waals surface area contributed by atoms with Crippen molar-refractivity contribution in [3.63, 3.8) is 0 Å². The molecule has 0 aliphatic heterocycles. The normalized spacial score (nSPS) is 11.2. The number of aromatic nitrogens is 1. The van der Waals surface area contributed by atoms with Crippen molar-refractivity contribution < 1.29 is 24.2 Å². The largest absolute Gasteiger partial charge is 0.491 e. The molecule has 136 valence electrons. The summed E-state index contributed by atoms with van der Waals surface area (Å²) in [6.45, 7) is 5.50. The monoisotopic (exact) mass is 374 g/mol. The van der Waals surface area contributed by atoms with E-state index in [4.69, 9.17) is 14.6 Å². The van der Waals surface area contributed by atoms with E-state index < -0.39 is 17.9 Å². The van der Waals surface area contributed by atoms with Gasteiger partial charge < -0.3 is 19.9 Å². The van der Waals surface area contributed by atoms with Crippen molar-refractivity contribution in [3.05, 3.63) is 35.3 Å². The minimum absolute atomic E-state index is 0.101. The zero-order valence-corrected chi connectivity index (χ0v) is 15.3. The van der Waals surface area contributed by atoms with E-state index >= 15 is 0 Å². The fourth-order valence-electron chi connectivity index (χ4n) is 1.80. The van der Waals surface area contributed by atoms with Gasteiger partial charge in [-0.2, -0.15) is 0 Å². The lowest BCUT2D eigenvalue weighted by atomic mass is 10.3. The molecular weight excluding hydrogens is 356 g/mol. The number of hydrogen-bond acceptors (Lipinski definition) is 6. The number of aliphatic carboxylic acids is 1. The number of nitrogens with zero attached hydrogens (tertiary/aromatic N) is 1. The van der Waals surface area contributed by atoms with Crippen LogP contribution in [0.3, 0.4) is 0 Å². The summed E-state index contributed by atoms with van der Waals surface area (Å²) in [6.07, 6.45) is 1.65. The van der Waals surface area contributed by atoms with E-state index in [1.54, 1.807) is 25.3 Å². The van der Waals surface area contributed by atoms with Gasteiger partial charge in [-0.05, 0) is 45.0 Å². The van der Waals surface area contributed by atoms with E-state index in [9.17, 15) is 9.59 Å². The highest BCUT2D eigenvalue weighted by molar-refractivity contribution is 7.13. The summed E-state index contributed by atoms with van der Waals surface area (Å²) in [5.41, 5.74) is 0. The average Bonchev–Trinajstić information content (AvgIpc) is 3.01. The lowest BCUT2D eigenvalue weighted by Gasteiger charge is -2.09. The molecule has 7 nitrogen and oxygen atoms in total. The van der Waals surface area contributed by atoms with Gasteiger partial charge in [-0.15, -0.1) is 0 Å². The van der Waals surface area contributed by atoms with Crippen LogP contribution in [0.4, 0.5) is 0 Å². The first-order valence-electron chi connectivity index (χ1n) is 7.79. The van der Waals surface area contributed by atoms with Crippen LogP contribution < -0.4 is 14.8 Å². The molecule has 0 aliphatic rings. The van der Waals surface area contributed by atoms with E-state index in [-0.39, 0.29) is 6.10 Å². The summed E-state index contributed by atoms with van der Waals surface area (Å²) in [6, 6.07) is 6.60. The van der Waals surface area contributed by atoms with Gasteiger partial charge in [-0.1, -0.05) is 23.2 Å². The average molecular weight is 374 g/mol. The number of ether oxygens (including phenoxy) is 2. The smallest absolute Gasteiger partial charge is 0.394 e. The standard InChI is InChI=1S/C18H18N2O5S/c1-11(2)24-13-5-7-14(8-6-13)25-18-19-10-15(26-18)9-4-12(3)20-16(21)17(22)23/h5-8,10-12H,1-3H3,(H,20,21)(H,22,23). The van der Waals surface area contributed by atoms with E-state index in [2.05, 4.69) is 22.1 Å². The Bertz CT molecular complexity index is 833. The highest BCUT2D eigenvalue weighted by atomic mass is 32.1. The number of rotatable bonds is 5. The Morgan fingerprint density at radius 1 is 1.19 bits per heavy atom. The Labute approximate surface area is 155 Å². The van der Waals surface area contributed by atoms with Gasteiger partial charge in [-0.3, -0.25) is 4.79 Å². The minimum Gasteiger partial charge on any atom is -0.491 e. The second-order valence-corrected chi connectivity index (χ2v) is 6.49. The van der Waals surface area contributed by atoms with Crippen LogP contribution in [0.1, 0.15) is 25.6 Å². The van der Waals surface area contributed by atoms with Gasteiger partial charge in [0, 0.05) is 0 Å². The van der Waals surface area contributed by atoms with E-state index in [1.165, 1.54) is 11.3 Å². The van der Waals surface area contributed by atoms with Gasteiger partial charge in [0.2, 0.25) is 0 Å². The summed E-state index contributed by atoms with van der Waals surface area (Å²) in [7, 11) is 0. The number of carboxylic acids is 1. The first-order valence-corrected chi connectivity index (χ1v) is 8.61. The van der Waals surface area contributed by atoms with Crippen LogP contribution in [0, 0.1) is 11.8 Å². The van der Waals surface area contributed by atoms with Crippen LogP contribution in [-0.2, 0) is 9.59 Å². The highest BCUT2D eigenvalue weighted by Gasteiger charge is 2.12. The van der Waals surface area contributed by atoms with Crippen LogP contribution in [-0.4, -0.2) is 34.1 Å². The molecule has 0 aliphatic carbocycles. The predicted molar refractivity (Wildman–Crippen MR) is 96.5 cm³/mol. The molecule has 0 radical (unpaired) electrons. The molecular formula is C18H18N2O5S. The van der Waals surface area contributed by atoms with Gasteiger partial charge in [0.05, 0.1) is 18.3 Å². The Morgan fingerprint density at radius 2 is 1.85 bits per heavy atom. The van der Waals surface area contributed by atoms with Gasteiger partial charge in [0.1, 0.15) is 16.4 Å². The van der Waals surface area contributed by atoms with E-state index in [1.807, 2.05) is 26.0 Å². The summed E-state index contributed by atoms with van der Waals surface area (Å²) in [5, 5.41) is 11.2. The Kier molecular flexibility index (Phi) is 6.58. The molecule has 2 rings (SSSR count). The molecule has 2 aromatic rings. The SMILES string of the molecule is CC(C#Cc1cnc(Oc2ccc(OC(C)C)cc2)s1)NC(=O)C(=O)O. The van der Waals surface area contributed by atoms with Crippen molar-refractivity contribution in [2.45, 2.75) is 32.9 Å². The molecule has 26 heavy (non-hydrogen) atoms. The quantitative estimate of drug-likeness (QED) is 0.617. The van der Waals surface area contributed by atoms with E-state index in [0.717, 1.165) is 5.75 Å². The molecule has 1 atom stereocenters. The highest BCUT2D eigenvalue weighted by Crippen LogP contribution is 2.27. The maximum atomic E-state index is 11.0. The van der Waals surface area contributed by atoms with Crippen molar-refractivity contribution in [1.29, 1.82) is 0 Å². The molecule has 0 saturated carbocycles. The summed E-state index contributed by atoms with van der Waals surface area (Å²) >= 11 is 1.24. The number of carbonyl (C=O) groups is 2. The van der Waals surface area contributed by atoms with Gasteiger partial charge in [0.25, 0.3) is 5.19 Å². The predicted octanol–water partition coefficient (Wildman–Crippen LogP) is 2.66. The lowest BCUT2D eigenvalue weighted by Crippen LogP contribution is -2.36. The van der Waals surface area contributed by atoms with Gasteiger partial charge in [0.15, 0.2) is 0 Å². The number of hydrogen-bond donors (Lipinski definition) is 2. The molecule has 1 aromatic heterocycles. The van der Waals surface area contributed by atoms with Crippen molar-refractivity contribution in [1.82, 2.24) is 10.3 Å². The number of thiazole rings is 1. The fraction of sp³-hybridized carbons (Fsp3) is 0.278. The van der Waals surface area contributed by atoms with Crippen molar-refractivity contribution >= 4 is 23.2 Å². The molecule has 0 bridgehead atoms. The molecule has 1 amide bonds. The van der Waals surface area contributed by atoms with Crippen molar-refractivity contribution in [3.8, 4) is 28.5 Å². The molecule has 2 N–H and O–H groups in total. The first-order chi connectivity index (χ1) is 12.3. The molecule has 1 aromatic carbocycles. The second kappa shape index (κ2) is 8.87. The van der Waals surface area contributed by atoms with Crippen LogP contribution in [0.25, 0.3) is 0 Å². The minimum atomic E-state index is -1.54. The van der Waals surface area contributed by atoms with Gasteiger partial charge >= 0.3 is 11.9 Å². The van der Waals surface area contributed by atoms with E-state index in [0.29, 0.717) is 15.8 Å². The van der Waals surface area contributed by atoms with Crippen molar-refractivity contribution in [2.75, 3.05) is 0 Å². The second-order valence-electron chi connectivity index (χ2n) is 5.50. The van der Waals surface area contributed by atoms with Crippen LogP contribution in [0.5, 0.6) is 16.7 Å². The summed E-state index contributed by atoms with van der Waals surface area (Å²) in [4.78, 5) is 26.3. The van der Waals surface area contributed by atoms with Crippen LogP contribution in [0.15, 0.2) is 30.5 Å². The molecule has 0 saturated heterocycles. The lowest BCUT2D eigenvalue weighted by molar-refractivity contribution is -0.150. The number of benzene rings is 1. The number of amides is 1. The number of carbonyl (C=O) groups excluding carboxylic acids is 1. The molecule has 8 heteroatoms. The fourth-order valence-corrected chi connectivity index (χ4v) is 2.44.